The van der Waals surface area contributed by atoms with Gasteiger partial charge in [0.15, 0.2) is 5.17 Å². The molecule has 2 aliphatic rings. The fraction of sp³-hybridized carbons (Fsp3) is 0.900. The van der Waals surface area contributed by atoms with Gasteiger partial charge in [0, 0.05) is 13.6 Å². The van der Waals surface area contributed by atoms with Crippen molar-refractivity contribution >= 4 is 16.9 Å². The number of fused-ring (bicyclic) bond motifs is 1. The van der Waals surface area contributed by atoms with Gasteiger partial charge in [0.2, 0.25) is 0 Å². The molecule has 17 heavy (non-hydrogen) atoms. The molecule has 1 unspecified atom stereocenters. The normalized spacial score (nSPS) is 41.0. The monoisotopic (exact) mass is 262 g/mol. The number of amidine groups is 1. The van der Waals surface area contributed by atoms with E-state index in [4.69, 9.17) is 9.84 Å². The maximum atomic E-state index is 9.94. The molecule has 0 amide bonds. The van der Waals surface area contributed by atoms with Crippen LogP contribution in [-0.4, -0.2) is 75.4 Å². The maximum Gasteiger partial charge on any atom is 0.162 e. The molecule has 0 saturated carbocycles. The van der Waals surface area contributed by atoms with E-state index in [1.54, 1.807) is 0 Å². The molecule has 7 heteroatoms. The van der Waals surface area contributed by atoms with Crippen LogP contribution < -0.4 is 0 Å². The lowest BCUT2D eigenvalue weighted by Gasteiger charge is -2.37. The van der Waals surface area contributed by atoms with E-state index in [9.17, 15) is 10.2 Å². The van der Waals surface area contributed by atoms with E-state index >= 15 is 0 Å². The molecule has 0 aromatic rings. The summed E-state index contributed by atoms with van der Waals surface area (Å²) in [7, 11) is 1.91. The maximum absolute atomic E-state index is 9.94. The van der Waals surface area contributed by atoms with Crippen molar-refractivity contribution in [2.75, 3.05) is 20.2 Å². The van der Waals surface area contributed by atoms with Gasteiger partial charge in [0.25, 0.3) is 0 Å². The van der Waals surface area contributed by atoms with E-state index in [2.05, 4.69) is 4.99 Å². The molecule has 0 spiro atoms. The molecule has 5 atom stereocenters. The third-order valence-corrected chi connectivity index (χ3v) is 4.38. The molecular formula is C10H18N2O4S. The van der Waals surface area contributed by atoms with Crippen LogP contribution in [0.25, 0.3) is 0 Å². The van der Waals surface area contributed by atoms with Crippen LogP contribution >= 0.6 is 11.8 Å². The van der Waals surface area contributed by atoms with Crippen LogP contribution in [0.4, 0.5) is 0 Å². The molecule has 6 nitrogen and oxygen atoms in total. The van der Waals surface area contributed by atoms with E-state index in [1.807, 2.05) is 18.9 Å². The number of hydrogen-bond acceptors (Lipinski definition) is 7. The summed E-state index contributed by atoms with van der Waals surface area (Å²) in [5.41, 5.74) is -0.324. The van der Waals surface area contributed by atoms with Crippen molar-refractivity contribution in [2.45, 2.75) is 36.7 Å². The molecule has 0 radical (unpaired) electrons. The first kappa shape index (κ1) is 13.1. The van der Waals surface area contributed by atoms with Crippen molar-refractivity contribution in [2.24, 2.45) is 4.99 Å². The lowest BCUT2D eigenvalue weighted by Crippen LogP contribution is -2.55. The van der Waals surface area contributed by atoms with Crippen molar-refractivity contribution < 1.29 is 20.1 Å². The first-order valence-corrected chi connectivity index (χ1v) is 6.54. The van der Waals surface area contributed by atoms with E-state index in [1.165, 1.54) is 11.8 Å². The Morgan fingerprint density at radius 3 is 2.71 bits per heavy atom. The van der Waals surface area contributed by atoms with Gasteiger partial charge in [0.1, 0.15) is 29.8 Å². The minimum Gasteiger partial charge on any atom is -0.394 e. The zero-order valence-electron chi connectivity index (χ0n) is 9.85. The summed E-state index contributed by atoms with van der Waals surface area (Å²) >= 11 is 1.42. The van der Waals surface area contributed by atoms with Crippen molar-refractivity contribution in [3.05, 3.63) is 0 Å². The van der Waals surface area contributed by atoms with Crippen LogP contribution in [0.2, 0.25) is 0 Å². The molecule has 2 aliphatic heterocycles. The lowest BCUT2D eigenvalue weighted by atomic mass is 9.99. The number of ether oxygens (including phenoxy) is 1. The second-order valence-electron chi connectivity index (χ2n) is 4.24. The molecule has 2 heterocycles. The van der Waals surface area contributed by atoms with Crippen LogP contribution in [0, 0.1) is 0 Å². The van der Waals surface area contributed by atoms with Crippen LogP contribution in [0.1, 0.15) is 6.92 Å². The Morgan fingerprint density at radius 1 is 1.41 bits per heavy atom. The smallest absolute Gasteiger partial charge is 0.162 e. The quantitative estimate of drug-likeness (QED) is 0.582. The van der Waals surface area contributed by atoms with E-state index in [-0.39, 0.29) is 12.0 Å². The zero-order chi connectivity index (χ0) is 12.6. The molecular weight excluding hydrogens is 244 g/mol. The Morgan fingerprint density at radius 2 is 2.12 bits per heavy atom. The highest BCUT2D eigenvalue weighted by molar-refractivity contribution is 8.14. The van der Waals surface area contributed by atoms with Gasteiger partial charge in [-0.15, -0.1) is 0 Å². The second kappa shape index (κ2) is 5.11. The SMILES string of the molecule is CCN(C)C1=NC2[C@@H](O)[C@H](O)[C@@H](CO)O[C@H]2S1. The summed E-state index contributed by atoms with van der Waals surface area (Å²) in [5, 5.41) is 29.5. The highest BCUT2D eigenvalue weighted by atomic mass is 32.2. The number of aliphatic imine (C=N–C) groups is 1. The van der Waals surface area contributed by atoms with Gasteiger partial charge >= 0.3 is 0 Å². The van der Waals surface area contributed by atoms with Gasteiger partial charge in [-0.25, -0.2) is 0 Å². The number of rotatable bonds is 2. The van der Waals surface area contributed by atoms with Crippen molar-refractivity contribution in [1.29, 1.82) is 0 Å². The van der Waals surface area contributed by atoms with E-state index in [0.717, 1.165) is 11.7 Å². The molecule has 1 saturated heterocycles. The van der Waals surface area contributed by atoms with Gasteiger partial charge < -0.3 is 25.0 Å². The minimum atomic E-state index is -1.09. The van der Waals surface area contributed by atoms with Crippen molar-refractivity contribution in [3.63, 3.8) is 0 Å². The van der Waals surface area contributed by atoms with Gasteiger partial charge in [-0.3, -0.25) is 4.99 Å². The number of nitrogens with zero attached hydrogens (tertiary/aromatic N) is 2. The molecule has 0 aromatic carbocycles. The third kappa shape index (κ3) is 2.30. The number of thioether (sulfide) groups is 1. The number of aliphatic hydroxyl groups is 3. The fourth-order valence-corrected chi connectivity index (χ4v) is 3.15. The fourth-order valence-electron chi connectivity index (χ4n) is 1.89. The topological polar surface area (TPSA) is 85.5 Å². The van der Waals surface area contributed by atoms with Crippen molar-refractivity contribution in [1.82, 2.24) is 4.90 Å². The molecule has 1 fully saturated rings. The summed E-state index contributed by atoms with van der Waals surface area (Å²) < 4.78 is 5.53. The van der Waals surface area contributed by atoms with Gasteiger partial charge in [-0.2, -0.15) is 0 Å². The Bertz CT molecular complexity index is 315. The largest absolute Gasteiger partial charge is 0.394 e. The third-order valence-electron chi connectivity index (χ3n) is 3.13. The minimum absolute atomic E-state index is 0.305. The second-order valence-corrected chi connectivity index (χ2v) is 5.31. The standard InChI is InChI=1S/C10H18N2O4S/c1-3-12(2)10-11-6-8(15)7(14)5(4-13)16-9(6)17-10/h5-9,13-15H,3-4H2,1-2H3/t5-,6?,7-,8-,9+/m1/s1. The average molecular weight is 262 g/mol. The van der Waals surface area contributed by atoms with Crippen LogP contribution in [-0.2, 0) is 4.74 Å². The Balaban J connectivity index is 2.12. The molecule has 0 bridgehead atoms. The molecule has 0 aliphatic carbocycles. The number of hydrogen-bond donors (Lipinski definition) is 3. The lowest BCUT2D eigenvalue weighted by molar-refractivity contribution is -0.164. The predicted molar refractivity (Wildman–Crippen MR) is 64.9 cm³/mol. The number of aliphatic hydroxyl groups excluding tert-OH is 3. The molecule has 3 N–H and O–H groups in total. The molecule has 2 rings (SSSR count). The summed E-state index contributed by atoms with van der Waals surface area (Å²) in [5.74, 6) is 0. The summed E-state index contributed by atoms with van der Waals surface area (Å²) in [6, 6.07) is -0.457. The van der Waals surface area contributed by atoms with Gasteiger partial charge in [0.05, 0.1) is 6.61 Å². The highest BCUT2D eigenvalue weighted by Crippen LogP contribution is 2.36. The molecule has 0 aromatic heterocycles. The zero-order valence-corrected chi connectivity index (χ0v) is 10.7. The summed E-state index contributed by atoms with van der Waals surface area (Å²) in [6.07, 6.45) is -2.81. The average Bonchev–Trinajstić information content (AvgIpc) is 2.76. The van der Waals surface area contributed by atoms with Crippen LogP contribution in [0.5, 0.6) is 0 Å². The van der Waals surface area contributed by atoms with E-state index < -0.39 is 24.4 Å². The van der Waals surface area contributed by atoms with Gasteiger partial charge in [-0.1, -0.05) is 11.8 Å². The Kier molecular flexibility index (Phi) is 3.94. The van der Waals surface area contributed by atoms with E-state index in [0.29, 0.717) is 0 Å². The van der Waals surface area contributed by atoms with Crippen LogP contribution in [0.3, 0.4) is 0 Å². The van der Waals surface area contributed by atoms with Crippen LogP contribution in [0.15, 0.2) is 4.99 Å². The first-order chi connectivity index (χ1) is 8.08. The summed E-state index contributed by atoms with van der Waals surface area (Å²) in [6.45, 7) is 2.52. The summed E-state index contributed by atoms with van der Waals surface area (Å²) in [4.78, 5) is 6.33. The Hall–Kier alpha value is -0.340. The van der Waals surface area contributed by atoms with Gasteiger partial charge in [-0.05, 0) is 6.92 Å². The predicted octanol–water partition coefficient (Wildman–Crippen LogP) is -1.15. The van der Waals surface area contributed by atoms with Crippen molar-refractivity contribution in [3.8, 4) is 0 Å². The molecule has 98 valence electrons. The highest BCUT2D eigenvalue weighted by Gasteiger charge is 2.48. The first-order valence-electron chi connectivity index (χ1n) is 5.66. The Labute approximate surface area is 104 Å².